The first-order valence-electron chi connectivity index (χ1n) is 8.28. The highest BCUT2D eigenvalue weighted by Crippen LogP contribution is 2.05. The summed E-state index contributed by atoms with van der Waals surface area (Å²) >= 11 is 0. The van der Waals surface area contributed by atoms with E-state index in [9.17, 15) is 14.4 Å². The minimum absolute atomic E-state index is 0.0733. The number of rotatable bonds is 8. The summed E-state index contributed by atoms with van der Waals surface area (Å²) in [5, 5.41) is 11.3. The van der Waals surface area contributed by atoms with E-state index >= 15 is 0 Å². The molecule has 7 heteroatoms. The van der Waals surface area contributed by atoms with Crippen molar-refractivity contribution in [3.8, 4) is 0 Å². The molecule has 0 aromatic heterocycles. The Labute approximate surface area is 148 Å². The number of aliphatic carboxylic acids is 1. The zero-order chi connectivity index (χ0) is 19.2. The predicted molar refractivity (Wildman–Crippen MR) is 93.0 cm³/mol. The number of hydrogen-bond donors (Lipinski definition) is 2. The average Bonchev–Trinajstić information content (AvgIpc) is 2.58. The molecule has 0 aliphatic heterocycles. The number of benzene rings is 1. The normalized spacial score (nSPS) is 10.9. The molecular weight excluding hydrogens is 326 g/mol. The quantitative estimate of drug-likeness (QED) is 0.696. The molecule has 0 aliphatic carbocycles. The number of ether oxygens (including phenoxy) is 2. The van der Waals surface area contributed by atoms with E-state index in [1.54, 1.807) is 13.8 Å². The first-order chi connectivity index (χ1) is 11.9. The highest BCUT2D eigenvalue weighted by Gasteiger charge is 2.22. The van der Waals surface area contributed by atoms with Crippen molar-refractivity contribution < 1.29 is 29.0 Å². The summed E-state index contributed by atoms with van der Waals surface area (Å²) in [6, 6.07) is 7.94. The van der Waals surface area contributed by atoms with Crippen molar-refractivity contribution in [3.63, 3.8) is 0 Å². The van der Waals surface area contributed by atoms with Gasteiger partial charge in [0, 0.05) is 6.42 Å². The zero-order valence-corrected chi connectivity index (χ0v) is 15.2. The Balaban J connectivity index is 0.00000277. The number of carbonyl (C=O) groups excluding carboxylic acids is 2. The molecule has 0 saturated heterocycles. The fourth-order valence-electron chi connectivity index (χ4n) is 1.72. The molecule has 0 aliphatic rings. The maximum atomic E-state index is 11.6. The summed E-state index contributed by atoms with van der Waals surface area (Å²) in [7, 11) is 0. The Morgan fingerprint density at radius 2 is 1.72 bits per heavy atom. The van der Waals surface area contributed by atoms with Gasteiger partial charge in [0.15, 0.2) is 0 Å². The second kappa shape index (κ2) is 12.8. The number of carboxylic acids is 1. The fourth-order valence-corrected chi connectivity index (χ4v) is 1.72. The van der Waals surface area contributed by atoms with Crippen molar-refractivity contribution in [1.82, 2.24) is 5.32 Å². The van der Waals surface area contributed by atoms with Crippen LogP contribution < -0.4 is 5.32 Å². The van der Waals surface area contributed by atoms with E-state index in [0.717, 1.165) is 5.56 Å². The molecule has 1 rings (SSSR count). The molecule has 0 radical (unpaired) electrons. The van der Waals surface area contributed by atoms with Crippen LogP contribution in [0.4, 0.5) is 4.79 Å². The summed E-state index contributed by atoms with van der Waals surface area (Å²) in [6.07, 6.45) is -1.38. The Kier molecular flexibility index (Phi) is 11.5. The molecule has 140 valence electrons. The monoisotopic (exact) mass is 353 g/mol. The predicted octanol–water partition coefficient (Wildman–Crippen LogP) is 3.12. The Bertz CT molecular complexity index is 530. The number of nitrogens with one attached hydrogen (secondary N) is 1. The standard InChI is InChI=1S/C16H21NO6.C2H6/c1-11(2)23-16(21)17-13(15(19)20)8-9-14(18)22-10-12-6-4-3-5-7-12;1-2/h3-7,11,13H,8-10H2,1-2H3,(H,17,21)(H,19,20);1-2H3. The summed E-state index contributed by atoms with van der Waals surface area (Å²) in [5.74, 6) is -1.76. The lowest BCUT2D eigenvalue weighted by Gasteiger charge is -2.15. The van der Waals surface area contributed by atoms with Crippen molar-refractivity contribution in [2.45, 2.75) is 59.3 Å². The molecule has 1 aromatic carbocycles. The molecule has 0 saturated carbocycles. The van der Waals surface area contributed by atoms with Crippen molar-refractivity contribution >= 4 is 18.0 Å². The van der Waals surface area contributed by atoms with Crippen molar-refractivity contribution in [2.75, 3.05) is 0 Å². The van der Waals surface area contributed by atoms with E-state index < -0.39 is 24.1 Å². The number of esters is 1. The van der Waals surface area contributed by atoms with Crippen LogP contribution >= 0.6 is 0 Å². The number of carbonyl (C=O) groups is 3. The minimum atomic E-state index is -1.23. The largest absolute Gasteiger partial charge is 0.480 e. The maximum absolute atomic E-state index is 11.6. The summed E-state index contributed by atoms with van der Waals surface area (Å²) in [4.78, 5) is 34.1. The van der Waals surface area contributed by atoms with Gasteiger partial charge in [0.05, 0.1) is 6.10 Å². The number of carboxylic acid groups (broad SMARTS) is 1. The Morgan fingerprint density at radius 1 is 1.12 bits per heavy atom. The van der Waals surface area contributed by atoms with Gasteiger partial charge in [0.25, 0.3) is 0 Å². The average molecular weight is 353 g/mol. The van der Waals surface area contributed by atoms with E-state index in [-0.39, 0.29) is 25.6 Å². The maximum Gasteiger partial charge on any atom is 0.408 e. The highest BCUT2D eigenvalue weighted by atomic mass is 16.6. The lowest BCUT2D eigenvalue weighted by Crippen LogP contribution is -2.42. The number of hydrogen-bond acceptors (Lipinski definition) is 5. The second-order valence-corrected chi connectivity index (χ2v) is 5.17. The van der Waals surface area contributed by atoms with Crippen LogP contribution in [0.1, 0.15) is 46.1 Å². The van der Waals surface area contributed by atoms with Gasteiger partial charge in [-0.25, -0.2) is 9.59 Å². The van der Waals surface area contributed by atoms with Gasteiger partial charge in [-0.1, -0.05) is 44.2 Å². The van der Waals surface area contributed by atoms with Crippen LogP contribution in [0.3, 0.4) is 0 Å². The van der Waals surface area contributed by atoms with Gasteiger partial charge >= 0.3 is 18.0 Å². The van der Waals surface area contributed by atoms with Crippen LogP contribution in [0, 0.1) is 0 Å². The molecule has 25 heavy (non-hydrogen) atoms. The smallest absolute Gasteiger partial charge is 0.408 e. The van der Waals surface area contributed by atoms with E-state index in [1.807, 2.05) is 44.2 Å². The van der Waals surface area contributed by atoms with E-state index in [4.69, 9.17) is 14.6 Å². The molecule has 1 amide bonds. The minimum Gasteiger partial charge on any atom is -0.480 e. The molecule has 2 N–H and O–H groups in total. The first-order valence-corrected chi connectivity index (χ1v) is 8.28. The van der Waals surface area contributed by atoms with E-state index in [2.05, 4.69) is 5.32 Å². The number of alkyl carbamates (subject to hydrolysis) is 1. The third-order valence-corrected chi connectivity index (χ3v) is 2.81. The van der Waals surface area contributed by atoms with Crippen LogP contribution in [-0.4, -0.2) is 35.3 Å². The molecule has 1 atom stereocenters. The summed E-state index contributed by atoms with van der Waals surface area (Å²) < 4.78 is 9.87. The van der Waals surface area contributed by atoms with Gasteiger partial charge in [-0.05, 0) is 25.8 Å². The summed E-state index contributed by atoms with van der Waals surface area (Å²) in [5.41, 5.74) is 0.842. The van der Waals surface area contributed by atoms with Crippen LogP contribution in [0.2, 0.25) is 0 Å². The third kappa shape index (κ3) is 10.8. The molecule has 0 spiro atoms. The van der Waals surface area contributed by atoms with E-state index in [1.165, 1.54) is 0 Å². The van der Waals surface area contributed by atoms with Gasteiger partial charge in [-0.15, -0.1) is 0 Å². The SMILES string of the molecule is CC.CC(C)OC(=O)NC(CCC(=O)OCc1ccccc1)C(=O)O. The zero-order valence-electron chi connectivity index (χ0n) is 15.2. The Hall–Kier alpha value is -2.57. The van der Waals surface area contributed by atoms with Gasteiger partial charge in [-0.2, -0.15) is 0 Å². The van der Waals surface area contributed by atoms with Crippen LogP contribution in [0.25, 0.3) is 0 Å². The molecular formula is C18H27NO6. The first kappa shape index (κ1) is 22.4. The molecule has 0 bridgehead atoms. The molecule has 1 aromatic rings. The fraction of sp³-hybridized carbons (Fsp3) is 0.500. The molecule has 0 fully saturated rings. The van der Waals surface area contributed by atoms with Crippen molar-refractivity contribution in [2.24, 2.45) is 0 Å². The van der Waals surface area contributed by atoms with Gasteiger partial charge < -0.3 is 19.9 Å². The van der Waals surface area contributed by atoms with Crippen LogP contribution in [-0.2, 0) is 25.7 Å². The summed E-state index contributed by atoms with van der Waals surface area (Å²) in [6.45, 7) is 7.42. The third-order valence-electron chi connectivity index (χ3n) is 2.81. The lowest BCUT2D eigenvalue weighted by atomic mass is 10.1. The van der Waals surface area contributed by atoms with E-state index in [0.29, 0.717) is 0 Å². The van der Waals surface area contributed by atoms with Gasteiger partial charge in [0.2, 0.25) is 0 Å². The Morgan fingerprint density at radius 3 is 2.24 bits per heavy atom. The second-order valence-electron chi connectivity index (χ2n) is 5.17. The van der Waals surface area contributed by atoms with Crippen molar-refractivity contribution in [3.05, 3.63) is 35.9 Å². The number of amides is 1. The lowest BCUT2D eigenvalue weighted by molar-refractivity contribution is -0.145. The molecule has 0 heterocycles. The van der Waals surface area contributed by atoms with Gasteiger partial charge in [-0.3, -0.25) is 4.79 Å². The highest BCUT2D eigenvalue weighted by molar-refractivity contribution is 5.80. The topological polar surface area (TPSA) is 102 Å². The van der Waals surface area contributed by atoms with Crippen molar-refractivity contribution in [1.29, 1.82) is 0 Å². The molecule has 7 nitrogen and oxygen atoms in total. The van der Waals surface area contributed by atoms with Crippen LogP contribution in [0.5, 0.6) is 0 Å². The molecule has 1 unspecified atom stereocenters. The van der Waals surface area contributed by atoms with Gasteiger partial charge in [0.1, 0.15) is 12.6 Å². The van der Waals surface area contributed by atoms with Crippen LogP contribution in [0.15, 0.2) is 30.3 Å².